The Morgan fingerprint density at radius 2 is 1.75 bits per heavy atom. The van der Waals surface area contributed by atoms with Gasteiger partial charge in [0.1, 0.15) is 11.5 Å². The summed E-state index contributed by atoms with van der Waals surface area (Å²) in [6.45, 7) is 0.559. The molecular weight excluding hydrogens is 300 g/mol. The van der Waals surface area contributed by atoms with Crippen LogP contribution in [-0.2, 0) is 13.6 Å². The number of aromatic nitrogens is 5. The van der Waals surface area contributed by atoms with Gasteiger partial charge in [-0.1, -0.05) is 47.7 Å². The molecule has 118 valence electrons. The van der Waals surface area contributed by atoms with Crippen LogP contribution in [0.4, 0.5) is 5.82 Å². The molecule has 6 heteroatoms. The summed E-state index contributed by atoms with van der Waals surface area (Å²) in [4.78, 5) is 9.40. The van der Waals surface area contributed by atoms with Crippen molar-refractivity contribution in [1.29, 1.82) is 0 Å². The summed E-state index contributed by atoms with van der Waals surface area (Å²) in [6, 6.07) is 18.0. The van der Waals surface area contributed by atoms with Crippen molar-refractivity contribution in [2.45, 2.75) is 6.54 Å². The van der Waals surface area contributed by atoms with Crippen LogP contribution in [0.2, 0.25) is 0 Å². The molecule has 0 fully saturated rings. The number of hydrogen-bond donors (Lipinski definition) is 1. The van der Waals surface area contributed by atoms with Gasteiger partial charge in [-0.05, 0) is 12.1 Å². The summed E-state index contributed by atoms with van der Waals surface area (Å²) in [7, 11) is 1.85. The predicted molar refractivity (Wildman–Crippen MR) is 93.3 cm³/mol. The van der Waals surface area contributed by atoms with Crippen molar-refractivity contribution in [1.82, 2.24) is 25.0 Å². The Kier molecular flexibility index (Phi) is 3.63. The van der Waals surface area contributed by atoms with E-state index in [1.54, 1.807) is 4.68 Å². The van der Waals surface area contributed by atoms with Gasteiger partial charge in [-0.3, -0.25) is 4.68 Å². The number of benzene rings is 2. The number of aryl methyl sites for hydroxylation is 1. The van der Waals surface area contributed by atoms with Crippen molar-refractivity contribution in [2.24, 2.45) is 7.05 Å². The number of anilines is 1. The topological polar surface area (TPSA) is 68.5 Å². The lowest BCUT2D eigenvalue weighted by Gasteiger charge is -2.10. The fraction of sp³-hybridized carbons (Fsp3) is 0.111. The van der Waals surface area contributed by atoms with Crippen molar-refractivity contribution in [2.75, 3.05) is 5.32 Å². The third-order valence-corrected chi connectivity index (χ3v) is 3.72. The Balaban J connectivity index is 1.75. The number of rotatable bonds is 4. The van der Waals surface area contributed by atoms with E-state index in [4.69, 9.17) is 4.98 Å². The van der Waals surface area contributed by atoms with Gasteiger partial charge in [0.05, 0.1) is 12.1 Å². The highest BCUT2D eigenvalue weighted by molar-refractivity contribution is 5.90. The summed E-state index contributed by atoms with van der Waals surface area (Å²) < 4.78 is 1.69. The predicted octanol–water partition coefficient (Wildman–Crippen LogP) is 3.04. The lowest BCUT2D eigenvalue weighted by Crippen LogP contribution is -2.04. The van der Waals surface area contributed by atoms with E-state index in [1.165, 1.54) is 0 Å². The Morgan fingerprint density at radius 3 is 2.54 bits per heavy atom. The molecule has 0 saturated heterocycles. The molecule has 4 aromatic rings. The summed E-state index contributed by atoms with van der Waals surface area (Å²) in [6.07, 6.45) is 1.88. The maximum Gasteiger partial charge on any atom is 0.162 e. The van der Waals surface area contributed by atoms with E-state index in [2.05, 4.69) is 20.6 Å². The molecule has 0 bridgehead atoms. The van der Waals surface area contributed by atoms with Crippen LogP contribution in [0.5, 0.6) is 0 Å². The normalized spacial score (nSPS) is 10.9. The van der Waals surface area contributed by atoms with Crippen LogP contribution in [0.15, 0.2) is 60.8 Å². The van der Waals surface area contributed by atoms with Crippen LogP contribution in [-0.4, -0.2) is 25.0 Å². The monoisotopic (exact) mass is 316 g/mol. The lowest BCUT2D eigenvalue weighted by molar-refractivity contribution is 0.713. The summed E-state index contributed by atoms with van der Waals surface area (Å²) >= 11 is 0. The van der Waals surface area contributed by atoms with Crippen molar-refractivity contribution in [3.05, 3.63) is 66.5 Å². The molecule has 1 N–H and O–H groups in total. The average molecular weight is 316 g/mol. The Labute approximate surface area is 139 Å². The maximum absolute atomic E-state index is 4.72. The fourth-order valence-electron chi connectivity index (χ4n) is 2.58. The first-order valence-corrected chi connectivity index (χ1v) is 7.71. The van der Waals surface area contributed by atoms with E-state index in [9.17, 15) is 0 Å². The average Bonchev–Trinajstić information content (AvgIpc) is 3.05. The molecular formula is C18H16N6. The third kappa shape index (κ3) is 2.81. The smallest absolute Gasteiger partial charge is 0.162 e. The molecule has 0 aliphatic heterocycles. The maximum atomic E-state index is 4.72. The van der Waals surface area contributed by atoms with Crippen molar-refractivity contribution < 1.29 is 0 Å². The molecule has 2 aromatic carbocycles. The molecule has 0 aliphatic rings. The van der Waals surface area contributed by atoms with Crippen LogP contribution >= 0.6 is 0 Å². The van der Waals surface area contributed by atoms with E-state index >= 15 is 0 Å². The molecule has 0 atom stereocenters. The number of nitrogens with one attached hydrogen (secondary N) is 1. The molecule has 0 radical (unpaired) electrons. The zero-order valence-electron chi connectivity index (χ0n) is 13.2. The minimum atomic E-state index is 0.559. The van der Waals surface area contributed by atoms with Gasteiger partial charge in [0.25, 0.3) is 0 Å². The van der Waals surface area contributed by atoms with Crippen LogP contribution in [0, 0.1) is 0 Å². The highest BCUT2D eigenvalue weighted by atomic mass is 15.4. The van der Waals surface area contributed by atoms with Gasteiger partial charge < -0.3 is 5.32 Å². The van der Waals surface area contributed by atoms with Crippen LogP contribution in [0.25, 0.3) is 22.3 Å². The molecule has 0 unspecified atom stereocenters. The molecule has 2 heterocycles. The van der Waals surface area contributed by atoms with E-state index in [0.29, 0.717) is 12.4 Å². The highest BCUT2D eigenvalue weighted by Crippen LogP contribution is 2.25. The number of fused-ring (bicyclic) bond motifs is 1. The molecule has 24 heavy (non-hydrogen) atoms. The SMILES string of the molecule is Cn1cc(CNc2nc(-c3ccccc3)nc3ccccc23)nn1. The van der Waals surface area contributed by atoms with Crippen molar-refractivity contribution in [3.63, 3.8) is 0 Å². The first-order valence-electron chi connectivity index (χ1n) is 7.71. The summed E-state index contributed by atoms with van der Waals surface area (Å²) in [5.74, 6) is 1.50. The Hall–Kier alpha value is -3.28. The van der Waals surface area contributed by atoms with Crippen molar-refractivity contribution in [3.8, 4) is 11.4 Å². The molecule has 4 rings (SSSR count). The molecule has 0 amide bonds. The highest BCUT2D eigenvalue weighted by Gasteiger charge is 2.09. The first-order chi connectivity index (χ1) is 11.8. The minimum absolute atomic E-state index is 0.559. The second kappa shape index (κ2) is 6.08. The first kappa shape index (κ1) is 14.3. The van der Waals surface area contributed by atoms with Gasteiger partial charge in [-0.15, -0.1) is 5.10 Å². The fourth-order valence-corrected chi connectivity index (χ4v) is 2.58. The molecule has 0 aliphatic carbocycles. The zero-order valence-corrected chi connectivity index (χ0v) is 13.2. The zero-order chi connectivity index (χ0) is 16.4. The lowest BCUT2D eigenvalue weighted by atomic mass is 10.2. The van der Waals surface area contributed by atoms with Crippen LogP contribution in [0.3, 0.4) is 0 Å². The molecule has 0 saturated carbocycles. The largest absolute Gasteiger partial charge is 0.364 e. The van der Waals surface area contributed by atoms with E-state index < -0.39 is 0 Å². The third-order valence-electron chi connectivity index (χ3n) is 3.72. The Bertz CT molecular complexity index is 977. The quantitative estimate of drug-likeness (QED) is 0.627. The van der Waals surface area contributed by atoms with E-state index in [1.807, 2.05) is 67.8 Å². The van der Waals surface area contributed by atoms with Gasteiger partial charge in [-0.2, -0.15) is 0 Å². The standard InChI is InChI=1S/C18H16N6/c1-24-12-14(22-23-24)11-19-18-15-9-5-6-10-16(15)20-17(21-18)13-7-3-2-4-8-13/h2-10,12H,11H2,1H3,(H,19,20,21). The van der Waals surface area contributed by atoms with E-state index in [0.717, 1.165) is 28.0 Å². The number of hydrogen-bond acceptors (Lipinski definition) is 5. The Morgan fingerprint density at radius 1 is 0.958 bits per heavy atom. The molecule has 0 spiro atoms. The van der Waals surface area contributed by atoms with Gasteiger partial charge in [0.15, 0.2) is 5.82 Å². The van der Waals surface area contributed by atoms with Crippen LogP contribution in [0.1, 0.15) is 5.69 Å². The minimum Gasteiger partial charge on any atom is -0.364 e. The van der Waals surface area contributed by atoms with Gasteiger partial charge >= 0.3 is 0 Å². The second-order valence-corrected chi connectivity index (χ2v) is 5.52. The second-order valence-electron chi connectivity index (χ2n) is 5.52. The van der Waals surface area contributed by atoms with Crippen molar-refractivity contribution >= 4 is 16.7 Å². The van der Waals surface area contributed by atoms with Gasteiger partial charge in [0.2, 0.25) is 0 Å². The van der Waals surface area contributed by atoms with E-state index in [-0.39, 0.29) is 0 Å². The summed E-state index contributed by atoms with van der Waals surface area (Å²) in [5, 5.41) is 12.4. The molecule has 6 nitrogen and oxygen atoms in total. The number of nitrogens with zero attached hydrogens (tertiary/aromatic N) is 5. The van der Waals surface area contributed by atoms with Gasteiger partial charge in [-0.25, -0.2) is 9.97 Å². The molecule has 2 aromatic heterocycles. The number of para-hydroxylation sites is 1. The van der Waals surface area contributed by atoms with Crippen LogP contribution < -0.4 is 5.32 Å². The summed E-state index contributed by atoms with van der Waals surface area (Å²) in [5.41, 5.74) is 2.76. The van der Waals surface area contributed by atoms with Gasteiger partial charge in [0, 0.05) is 24.2 Å².